The molecule has 1 fully saturated rings. The van der Waals surface area contributed by atoms with E-state index in [2.05, 4.69) is 33.9 Å². The molecule has 0 atom stereocenters. The van der Waals surface area contributed by atoms with Gasteiger partial charge in [0.25, 0.3) is 0 Å². The first-order valence-electron chi connectivity index (χ1n) is 6.19. The molecule has 1 aromatic heterocycles. The van der Waals surface area contributed by atoms with Crippen molar-refractivity contribution in [2.24, 2.45) is 0 Å². The minimum Gasteiger partial charge on any atom is -0.479 e. The number of rotatable bonds is 3. The highest BCUT2D eigenvalue weighted by atomic mass is 16.5. The van der Waals surface area contributed by atoms with Gasteiger partial charge in [-0.05, 0) is 26.9 Å². The van der Waals surface area contributed by atoms with E-state index in [1.54, 1.807) is 7.11 Å². The maximum atomic E-state index is 6.02. The van der Waals surface area contributed by atoms with E-state index in [1.807, 2.05) is 0 Å². The molecule has 1 saturated heterocycles. The van der Waals surface area contributed by atoms with E-state index in [1.165, 1.54) is 6.33 Å². The molecule has 0 aliphatic carbocycles. The van der Waals surface area contributed by atoms with Gasteiger partial charge in [0.1, 0.15) is 12.0 Å². The summed E-state index contributed by atoms with van der Waals surface area (Å²) in [6, 6.07) is 0.645. The number of piperidine rings is 1. The summed E-state index contributed by atoms with van der Waals surface area (Å²) in [4.78, 5) is 12.8. The standard InChI is InChI=1S/C12H21N5O/c1-16(2)9-4-6-17(7-5-9)11-10(13)12(18-3)15-8-14-11/h8-9H,4-7,13H2,1-3H3. The molecule has 0 amide bonds. The van der Waals surface area contributed by atoms with Crippen molar-refractivity contribution in [1.29, 1.82) is 0 Å². The van der Waals surface area contributed by atoms with E-state index in [0.717, 1.165) is 31.7 Å². The third-order valence-corrected chi connectivity index (χ3v) is 3.51. The fourth-order valence-corrected chi connectivity index (χ4v) is 2.38. The second kappa shape index (κ2) is 5.39. The van der Waals surface area contributed by atoms with Crippen molar-refractivity contribution < 1.29 is 4.74 Å². The predicted octanol–water partition coefficient (Wildman–Crippen LogP) is 0.598. The normalized spacial score (nSPS) is 17.2. The van der Waals surface area contributed by atoms with Gasteiger partial charge in [-0.25, -0.2) is 4.98 Å². The molecule has 2 N–H and O–H groups in total. The van der Waals surface area contributed by atoms with Gasteiger partial charge in [0, 0.05) is 19.1 Å². The average Bonchev–Trinajstić information content (AvgIpc) is 2.39. The van der Waals surface area contributed by atoms with Crippen LogP contribution >= 0.6 is 0 Å². The van der Waals surface area contributed by atoms with Crippen molar-refractivity contribution >= 4 is 11.5 Å². The van der Waals surface area contributed by atoms with Crippen molar-refractivity contribution in [3.05, 3.63) is 6.33 Å². The van der Waals surface area contributed by atoms with Crippen molar-refractivity contribution in [2.75, 3.05) is 44.9 Å². The molecule has 0 radical (unpaired) electrons. The van der Waals surface area contributed by atoms with Crippen LogP contribution in [0.25, 0.3) is 0 Å². The number of anilines is 2. The van der Waals surface area contributed by atoms with Gasteiger partial charge in [-0.2, -0.15) is 4.98 Å². The zero-order valence-corrected chi connectivity index (χ0v) is 11.3. The summed E-state index contributed by atoms with van der Waals surface area (Å²) < 4.78 is 5.12. The number of hydrogen-bond acceptors (Lipinski definition) is 6. The third kappa shape index (κ3) is 2.48. The van der Waals surface area contributed by atoms with Gasteiger partial charge >= 0.3 is 0 Å². The SMILES string of the molecule is COc1ncnc(N2CCC(N(C)C)CC2)c1N. The van der Waals surface area contributed by atoms with Crippen LogP contribution in [0.4, 0.5) is 11.5 Å². The lowest BCUT2D eigenvalue weighted by molar-refractivity contribution is 0.249. The molecule has 0 spiro atoms. The summed E-state index contributed by atoms with van der Waals surface area (Å²) >= 11 is 0. The second-order valence-electron chi connectivity index (χ2n) is 4.80. The smallest absolute Gasteiger partial charge is 0.242 e. The Morgan fingerprint density at radius 3 is 2.56 bits per heavy atom. The topological polar surface area (TPSA) is 67.5 Å². The summed E-state index contributed by atoms with van der Waals surface area (Å²) in [6.07, 6.45) is 3.75. The van der Waals surface area contributed by atoms with E-state index < -0.39 is 0 Å². The lowest BCUT2D eigenvalue weighted by atomic mass is 10.0. The molecule has 0 unspecified atom stereocenters. The van der Waals surface area contributed by atoms with Gasteiger partial charge in [-0.15, -0.1) is 0 Å². The molecule has 1 aliphatic heterocycles. The minimum absolute atomic E-state index is 0.453. The number of methoxy groups -OCH3 is 1. The zero-order valence-electron chi connectivity index (χ0n) is 11.3. The zero-order chi connectivity index (χ0) is 13.1. The van der Waals surface area contributed by atoms with Crippen LogP contribution in [0.3, 0.4) is 0 Å². The molecule has 2 rings (SSSR count). The minimum atomic E-state index is 0.453. The van der Waals surface area contributed by atoms with Gasteiger partial charge < -0.3 is 20.3 Å². The van der Waals surface area contributed by atoms with Gasteiger partial charge in [0.2, 0.25) is 5.88 Å². The van der Waals surface area contributed by atoms with E-state index in [-0.39, 0.29) is 0 Å². The molecule has 1 aromatic rings. The number of nitrogens with zero attached hydrogens (tertiary/aromatic N) is 4. The van der Waals surface area contributed by atoms with E-state index >= 15 is 0 Å². The Morgan fingerprint density at radius 2 is 2.00 bits per heavy atom. The molecular weight excluding hydrogens is 230 g/mol. The Hall–Kier alpha value is -1.56. The molecule has 100 valence electrons. The van der Waals surface area contributed by atoms with Gasteiger partial charge in [0.05, 0.1) is 7.11 Å². The van der Waals surface area contributed by atoms with Gasteiger partial charge in [0.15, 0.2) is 5.82 Å². The summed E-state index contributed by atoms with van der Waals surface area (Å²) in [5.41, 5.74) is 6.55. The Bertz CT molecular complexity index is 401. The van der Waals surface area contributed by atoms with Crippen molar-refractivity contribution in [3.8, 4) is 5.88 Å². The first kappa shape index (κ1) is 12.9. The van der Waals surface area contributed by atoms with E-state index in [0.29, 0.717) is 17.6 Å². The maximum Gasteiger partial charge on any atom is 0.242 e. The van der Waals surface area contributed by atoms with Gasteiger partial charge in [-0.1, -0.05) is 0 Å². The van der Waals surface area contributed by atoms with Crippen molar-refractivity contribution in [1.82, 2.24) is 14.9 Å². The molecule has 6 nitrogen and oxygen atoms in total. The summed E-state index contributed by atoms with van der Waals surface area (Å²) in [5.74, 6) is 1.24. The fraction of sp³-hybridized carbons (Fsp3) is 0.667. The van der Waals surface area contributed by atoms with E-state index in [4.69, 9.17) is 10.5 Å². The second-order valence-corrected chi connectivity index (χ2v) is 4.80. The quantitative estimate of drug-likeness (QED) is 0.848. The lowest BCUT2D eigenvalue weighted by Crippen LogP contribution is -2.42. The Balaban J connectivity index is 2.10. The molecule has 0 saturated carbocycles. The molecule has 1 aliphatic rings. The monoisotopic (exact) mass is 251 g/mol. The molecule has 18 heavy (non-hydrogen) atoms. The summed E-state index contributed by atoms with van der Waals surface area (Å²) in [6.45, 7) is 1.93. The molecule has 2 heterocycles. The van der Waals surface area contributed by atoms with E-state index in [9.17, 15) is 0 Å². The average molecular weight is 251 g/mol. The highest BCUT2D eigenvalue weighted by Gasteiger charge is 2.23. The third-order valence-electron chi connectivity index (χ3n) is 3.51. The first-order chi connectivity index (χ1) is 8.63. The predicted molar refractivity (Wildman–Crippen MR) is 71.9 cm³/mol. The fourth-order valence-electron chi connectivity index (χ4n) is 2.38. The van der Waals surface area contributed by atoms with Crippen LogP contribution in [-0.4, -0.2) is 55.2 Å². The van der Waals surface area contributed by atoms with Crippen LogP contribution in [0.2, 0.25) is 0 Å². The van der Waals surface area contributed by atoms with Crippen molar-refractivity contribution in [3.63, 3.8) is 0 Å². The van der Waals surface area contributed by atoms with Crippen LogP contribution in [-0.2, 0) is 0 Å². The molecule has 0 bridgehead atoms. The molecule has 6 heteroatoms. The van der Waals surface area contributed by atoms with Crippen LogP contribution < -0.4 is 15.4 Å². The lowest BCUT2D eigenvalue weighted by Gasteiger charge is -2.36. The van der Waals surface area contributed by atoms with Crippen LogP contribution in [0.1, 0.15) is 12.8 Å². The largest absolute Gasteiger partial charge is 0.479 e. The highest BCUT2D eigenvalue weighted by Crippen LogP contribution is 2.29. The summed E-state index contributed by atoms with van der Waals surface area (Å²) in [7, 11) is 5.82. The molecular formula is C12H21N5O. The van der Waals surface area contributed by atoms with Crippen LogP contribution in [0.5, 0.6) is 5.88 Å². The first-order valence-corrected chi connectivity index (χ1v) is 6.19. The number of nitrogen functional groups attached to an aromatic ring is 1. The van der Waals surface area contributed by atoms with Crippen LogP contribution in [0.15, 0.2) is 6.33 Å². The highest BCUT2D eigenvalue weighted by molar-refractivity contribution is 5.67. The number of aromatic nitrogens is 2. The summed E-state index contributed by atoms with van der Waals surface area (Å²) in [5, 5.41) is 0. The number of nitrogens with two attached hydrogens (primary N) is 1. The Labute approximate surface area is 108 Å². The number of ether oxygens (including phenoxy) is 1. The van der Waals surface area contributed by atoms with Gasteiger partial charge in [-0.3, -0.25) is 0 Å². The Kier molecular flexibility index (Phi) is 3.86. The van der Waals surface area contributed by atoms with Crippen LogP contribution in [0, 0.1) is 0 Å². The molecule has 0 aromatic carbocycles. The Morgan fingerprint density at radius 1 is 1.33 bits per heavy atom. The number of hydrogen-bond donors (Lipinski definition) is 1. The van der Waals surface area contributed by atoms with Crippen molar-refractivity contribution in [2.45, 2.75) is 18.9 Å². The maximum absolute atomic E-state index is 6.02.